The highest BCUT2D eigenvalue weighted by Gasteiger charge is 2.09. The Balaban J connectivity index is 3.57. The van der Waals surface area contributed by atoms with Crippen LogP contribution in [0.1, 0.15) is 27.2 Å². The first-order valence-electron chi connectivity index (χ1n) is 3.56. The molecule has 0 aromatic rings. The van der Waals surface area contributed by atoms with Gasteiger partial charge in [0.1, 0.15) is 6.10 Å². The first-order chi connectivity index (χ1) is 4.57. The molecule has 0 fully saturated rings. The fraction of sp³-hybridized carbons (Fsp3) is 0.857. The first kappa shape index (κ1) is 9.43. The first-order valence-corrected chi connectivity index (χ1v) is 3.56. The van der Waals surface area contributed by atoms with Gasteiger partial charge in [-0.1, -0.05) is 6.92 Å². The van der Waals surface area contributed by atoms with Crippen LogP contribution >= 0.6 is 0 Å². The Morgan fingerprint density at radius 3 is 2.40 bits per heavy atom. The molecule has 0 aromatic heterocycles. The molecule has 3 nitrogen and oxygen atoms in total. The van der Waals surface area contributed by atoms with Gasteiger partial charge in [0.05, 0.1) is 0 Å². The minimum atomic E-state index is -0.894. The third kappa shape index (κ3) is 3.45. The number of aliphatic hydroxyl groups is 1. The molecule has 0 spiro atoms. The van der Waals surface area contributed by atoms with Crippen LogP contribution in [0.4, 0.5) is 0 Å². The van der Waals surface area contributed by atoms with E-state index in [1.165, 1.54) is 6.92 Å². The minimum absolute atomic E-state index is 0.155. The molecule has 0 heterocycles. The lowest BCUT2D eigenvalue weighted by molar-refractivity contribution is -0.129. The van der Waals surface area contributed by atoms with Gasteiger partial charge in [-0.05, 0) is 20.3 Å². The zero-order valence-corrected chi connectivity index (χ0v) is 6.72. The van der Waals surface area contributed by atoms with Crippen LogP contribution in [0.2, 0.25) is 0 Å². The second-order valence-corrected chi connectivity index (χ2v) is 2.49. The van der Waals surface area contributed by atoms with Gasteiger partial charge in [0.2, 0.25) is 5.91 Å². The average Bonchev–Trinajstić information content (AvgIpc) is 1.87. The van der Waals surface area contributed by atoms with Gasteiger partial charge < -0.3 is 10.4 Å². The monoisotopic (exact) mass is 145 g/mol. The molecule has 3 heteroatoms. The molecule has 0 aliphatic rings. The highest BCUT2D eigenvalue weighted by Crippen LogP contribution is 1.89. The van der Waals surface area contributed by atoms with E-state index in [0.717, 1.165) is 6.42 Å². The zero-order valence-electron chi connectivity index (χ0n) is 6.72. The van der Waals surface area contributed by atoms with Gasteiger partial charge in [0, 0.05) is 6.04 Å². The Morgan fingerprint density at radius 2 is 2.10 bits per heavy atom. The lowest BCUT2D eigenvalue weighted by Gasteiger charge is -2.12. The number of rotatable bonds is 3. The molecule has 1 amide bonds. The average molecular weight is 145 g/mol. The van der Waals surface area contributed by atoms with Crippen molar-refractivity contribution in [2.45, 2.75) is 39.3 Å². The summed E-state index contributed by atoms with van der Waals surface area (Å²) in [4.78, 5) is 10.8. The molecule has 2 N–H and O–H groups in total. The molecule has 10 heavy (non-hydrogen) atoms. The molecule has 0 aromatic carbocycles. The van der Waals surface area contributed by atoms with Gasteiger partial charge in [0.25, 0.3) is 0 Å². The van der Waals surface area contributed by atoms with Crippen molar-refractivity contribution in [1.82, 2.24) is 5.32 Å². The highest BCUT2D eigenvalue weighted by atomic mass is 16.3. The van der Waals surface area contributed by atoms with Gasteiger partial charge in [0.15, 0.2) is 0 Å². The summed E-state index contributed by atoms with van der Waals surface area (Å²) in [5, 5.41) is 11.4. The predicted octanol–water partition coefficient (Wildman–Crippen LogP) is 0.282. The number of amides is 1. The largest absolute Gasteiger partial charge is 0.384 e. The Hall–Kier alpha value is -0.570. The zero-order chi connectivity index (χ0) is 8.15. The van der Waals surface area contributed by atoms with E-state index in [2.05, 4.69) is 5.32 Å². The number of hydrogen-bond donors (Lipinski definition) is 2. The Bertz CT molecular complexity index is 112. The molecule has 0 aliphatic heterocycles. The fourth-order valence-corrected chi connectivity index (χ4v) is 0.466. The van der Waals surface area contributed by atoms with E-state index in [1.54, 1.807) is 0 Å². The minimum Gasteiger partial charge on any atom is -0.384 e. The SMILES string of the molecule is CC[C@H](C)NC(=O)[C@@H](C)O. The van der Waals surface area contributed by atoms with Crippen molar-refractivity contribution in [3.05, 3.63) is 0 Å². The van der Waals surface area contributed by atoms with Crippen LogP contribution in [-0.2, 0) is 4.79 Å². The summed E-state index contributed by atoms with van der Waals surface area (Å²) in [5.41, 5.74) is 0. The molecule has 0 radical (unpaired) electrons. The Kier molecular flexibility index (Phi) is 4.03. The van der Waals surface area contributed by atoms with Crippen molar-refractivity contribution in [3.63, 3.8) is 0 Å². The smallest absolute Gasteiger partial charge is 0.248 e. The third-order valence-electron chi connectivity index (χ3n) is 1.38. The second-order valence-electron chi connectivity index (χ2n) is 2.49. The summed E-state index contributed by atoms with van der Waals surface area (Å²) >= 11 is 0. The van der Waals surface area contributed by atoms with Crippen LogP contribution in [0.3, 0.4) is 0 Å². The normalized spacial score (nSPS) is 16.0. The van der Waals surface area contributed by atoms with Crippen LogP contribution in [0.15, 0.2) is 0 Å². The van der Waals surface area contributed by atoms with Gasteiger partial charge in [-0.25, -0.2) is 0 Å². The molecule has 0 aliphatic carbocycles. The van der Waals surface area contributed by atoms with Crippen molar-refractivity contribution in [3.8, 4) is 0 Å². The van der Waals surface area contributed by atoms with E-state index in [0.29, 0.717) is 0 Å². The van der Waals surface area contributed by atoms with Crippen molar-refractivity contribution in [2.75, 3.05) is 0 Å². The van der Waals surface area contributed by atoms with Crippen molar-refractivity contribution < 1.29 is 9.90 Å². The summed E-state index contributed by atoms with van der Waals surface area (Å²) in [7, 11) is 0. The molecular formula is C7H15NO2. The van der Waals surface area contributed by atoms with Gasteiger partial charge >= 0.3 is 0 Å². The van der Waals surface area contributed by atoms with E-state index >= 15 is 0 Å². The number of carbonyl (C=O) groups is 1. The van der Waals surface area contributed by atoms with Crippen LogP contribution in [0.25, 0.3) is 0 Å². The summed E-state index contributed by atoms with van der Waals surface area (Å²) in [6, 6.07) is 0.155. The summed E-state index contributed by atoms with van der Waals surface area (Å²) in [6.07, 6.45) is -0.00708. The number of aliphatic hydroxyl groups excluding tert-OH is 1. The topological polar surface area (TPSA) is 49.3 Å². The number of hydrogen-bond acceptors (Lipinski definition) is 2. The van der Waals surface area contributed by atoms with Crippen LogP contribution < -0.4 is 5.32 Å². The van der Waals surface area contributed by atoms with Gasteiger partial charge in [-0.15, -0.1) is 0 Å². The quantitative estimate of drug-likeness (QED) is 0.599. The van der Waals surface area contributed by atoms with Gasteiger partial charge in [-0.2, -0.15) is 0 Å². The molecule has 60 valence electrons. The maximum absolute atomic E-state index is 10.8. The van der Waals surface area contributed by atoms with Crippen molar-refractivity contribution >= 4 is 5.91 Å². The molecule has 0 saturated carbocycles. The lowest BCUT2D eigenvalue weighted by atomic mass is 10.2. The molecule has 0 saturated heterocycles. The van der Waals surface area contributed by atoms with E-state index in [4.69, 9.17) is 5.11 Å². The van der Waals surface area contributed by atoms with Gasteiger partial charge in [-0.3, -0.25) is 4.79 Å². The van der Waals surface area contributed by atoms with Crippen molar-refractivity contribution in [1.29, 1.82) is 0 Å². The number of carbonyl (C=O) groups excluding carboxylic acids is 1. The maximum atomic E-state index is 10.8. The summed E-state index contributed by atoms with van der Waals surface area (Å²) in [6.45, 7) is 5.34. The van der Waals surface area contributed by atoms with E-state index in [9.17, 15) is 4.79 Å². The standard InChI is InChI=1S/C7H15NO2/c1-4-5(2)8-7(10)6(3)9/h5-6,9H,4H2,1-3H3,(H,8,10)/t5-,6+/m0/s1. The second kappa shape index (κ2) is 4.28. The molecule has 0 rings (SSSR count). The fourth-order valence-electron chi connectivity index (χ4n) is 0.466. The third-order valence-corrected chi connectivity index (χ3v) is 1.38. The Morgan fingerprint density at radius 1 is 1.60 bits per heavy atom. The van der Waals surface area contributed by atoms with Crippen LogP contribution in [0.5, 0.6) is 0 Å². The maximum Gasteiger partial charge on any atom is 0.248 e. The summed E-state index contributed by atoms with van der Waals surface area (Å²) < 4.78 is 0. The van der Waals surface area contributed by atoms with Crippen molar-refractivity contribution in [2.24, 2.45) is 0 Å². The lowest BCUT2D eigenvalue weighted by Crippen LogP contribution is -2.38. The molecule has 0 unspecified atom stereocenters. The molecule has 2 atom stereocenters. The Labute approximate surface area is 61.4 Å². The predicted molar refractivity (Wildman–Crippen MR) is 39.6 cm³/mol. The van der Waals surface area contributed by atoms with E-state index in [-0.39, 0.29) is 11.9 Å². The molecule has 0 bridgehead atoms. The van der Waals surface area contributed by atoms with Crippen LogP contribution in [0, 0.1) is 0 Å². The van der Waals surface area contributed by atoms with E-state index < -0.39 is 6.10 Å². The summed E-state index contributed by atoms with van der Waals surface area (Å²) in [5.74, 6) is -0.297. The van der Waals surface area contributed by atoms with Crippen LogP contribution in [-0.4, -0.2) is 23.2 Å². The van der Waals surface area contributed by atoms with E-state index in [1.807, 2.05) is 13.8 Å². The highest BCUT2D eigenvalue weighted by molar-refractivity contribution is 5.80. The molecular weight excluding hydrogens is 130 g/mol. The number of nitrogens with one attached hydrogen (secondary N) is 1.